The second-order valence-electron chi connectivity index (χ2n) is 3.14. The van der Waals surface area contributed by atoms with Gasteiger partial charge in [-0.15, -0.1) is 0 Å². The van der Waals surface area contributed by atoms with E-state index in [0.717, 1.165) is 17.5 Å². The van der Waals surface area contributed by atoms with E-state index in [4.69, 9.17) is 4.74 Å². The van der Waals surface area contributed by atoms with Crippen molar-refractivity contribution in [1.29, 1.82) is 0 Å². The van der Waals surface area contributed by atoms with E-state index in [1.165, 1.54) is 12.7 Å². The Morgan fingerprint density at radius 2 is 2.15 bits per heavy atom. The number of ether oxygens (including phenoxy) is 1. The number of hydrogen-bond acceptors (Lipinski definition) is 2. The second-order valence-corrected chi connectivity index (χ2v) is 3.14. The van der Waals surface area contributed by atoms with Crippen molar-refractivity contribution in [3.63, 3.8) is 0 Å². The van der Waals surface area contributed by atoms with Gasteiger partial charge >= 0.3 is 0 Å². The first-order chi connectivity index (χ1) is 6.19. The zero-order valence-corrected chi connectivity index (χ0v) is 8.37. The zero-order valence-electron chi connectivity index (χ0n) is 8.37. The van der Waals surface area contributed by atoms with E-state index in [1.54, 1.807) is 0 Å². The molecule has 0 spiro atoms. The third-order valence-corrected chi connectivity index (χ3v) is 2.17. The fourth-order valence-electron chi connectivity index (χ4n) is 1.41. The van der Waals surface area contributed by atoms with Crippen LogP contribution in [-0.4, -0.2) is 12.2 Å². The van der Waals surface area contributed by atoms with E-state index in [0.29, 0.717) is 0 Å². The van der Waals surface area contributed by atoms with Gasteiger partial charge in [-0.2, -0.15) is 0 Å². The maximum absolute atomic E-state index is 9.51. The smallest absolute Gasteiger partial charge is 0.181 e. The van der Waals surface area contributed by atoms with Crippen LogP contribution >= 0.6 is 0 Å². The summed E-state index contributed by atoms with van der Waals surface area (Å²) in [5, 5.41) is 9.51. The topological polar surface area (TPSA) is 29.5 Å². The molecule has 0 radical (unpaired) electrons. The normalized spacial score (nSPS) is 12.9. The highest BCUT2D eigenvalue weighted by Gasteiger charge is 2.09. The molecule has 72 valence electrons. The minimum absolute atomic E-state index is 0.796. The summed E-state index contributed by atoms with van der Waals surface area (Å²) in [7, 11) is 1.50. The summed E-state index contributed by atoms with van der Waals surface area (Å²) in [5.74, 6) is 0. The molecule has 1 rings (SSSR count). The van der Waals surface area contributed by atoms with Crippen molar-refractivity contribution >= 4 is 0 Å². The molecule has 0 fully saturated rings. The molecule has 2 nitrogen and oxygen atoms in total. The predicted molar refractivity (Wildman–Crippen MR) is 52.5 cm³/mol. The molecule has 0 heterocycles. The fraction of sp³-hybridized carbons (Fsp3) is 0.455. The predicted octanol–water partition coefficient (Wildman–Crippen LogP) is 2.19. The summed E-state index contributed by atoms with van der Waals surface area (Å²) in [6.07, 6.45) is 0.118. The van der Waals surface area contributed by atoms with Crippen LogP contribution in [0, 0.1) is 6.92 Å². The van der Waals surface area contributed by atoms with E-state index >= 15 is 0 Å². The lowest BCUT2D eigenvalue weighted by molar-refractivity contribution is -0.0774. The van der Waals surface area contributed by atoms with Gasteiger partial charge in [-0.1, -0.05) is 30.7 Å². The van der Waals surface area contributed by atoms with E-state index < -0.39 is 6.29 Å². The third-order valence-electron chi connectivity index (χ3n) is 2.17. The summed E-state index contributed by atoms with van der Waals surface area (Å²) < 4.78 is 4.87. The monoisotopic (exact) mass is 180 g/mol. The van der Waals surface area contributed by atoms with Crippen LogP contribution in [-0.2, 0) is 11.2 Å². The first kappa shape index (κ1) is 10.2. The van der Waals surface area contributed by atoms with Gasteiger partial charge in [-0.05, 0) is 18.9 Å². The molecule has 1 unspecified atom stereocenters. The van der Waals surface area contributed by atoms with Crippen LogP contribution in [0.5, 0.6) is 0 Å². The Labute approximate surface area is 79.2 Å². The summed E-state index contributed by atoms with van der Waals surface area (Å²) in [4.78, 5) is 0. The number of aliphatic hydroxyl groups is 1. The van der Waals surface area contributed by atoms with Crippen molar-refractivity contribution in [3.05, 3.63) is 34.9 Å². The standard InChI is InChI=1S/C11H16O2/c1-4-9-7-8(2)5-6-10(9)11(12)13-3/h5-7,11-12H,4H2,1-3H3. The molecule has 1 aromatic carbocycles. The fourth-order valence-corrected chi connectivity index (χ4v) is 1.41. The van der Waals surface area contributed by atoms with Crippen molar-refractivity contribution < 1.29 is 9.84 Å². The molecule has 0 amide bonds. The molecule has 2 heteroatoms. The number of rotatable bonds is 3. The number of aryl methyl sites for hydroxylation is 2. The summed E-state index contributed by atoms with van der Waals surface area (Å²) in [6, 6.07) is 5.98. The van der Waals surface area contributed by atoms with Crippen molar-refractivity contribution in [2.45, 2.75) is 26.6 Å². The Morgan fingerprint density at radius 3 is 2.69 bits per heavy atom. The molecular weight excluding hydrogens is 164 g/mol. The number of benzene rings is 1. The zero-order chi connectivity index (χ0) is 9.84. The first-order valence-electron chi connectivity index (χ1n) is 4.49. The van der Waals surface area contributed by atoms with E-state index in [1.807, 2.05) is 19.1 Å². The van der Waals surface area contributed by atoms with E-state index in [-0.39, 0.29) is 0 Å². The van der Waals surface area contributed by atoms with Gasteiger partial charge in [0.1, 0.15) is 0 Å². The molecule has 1 aromatic rings. The van der Waals surface area contributed by atoms with Crippen molar-refractivity contribution in [2.75, 3.05) is 7.11 Å². The van der Waals surface area contributed by atoms with Gasteiger partial charge in [0.05, 0.1) is 0 Å². The Kier molecular flexibility index (Phi) is 3.46. The van der Waals surface area contributed by atoms with Crippen molar-refractivity contribution in [3.8, 4) is 0 Å². The van der Waals surface area contributed by atoms with Crippen LogP contribution in [0.4, 0.5) is 0 Å². The van der Waals surface area contributed by atoms with E-state index in [2.05, 4.69) is 13.0 Å². The van der Waals surface area contributed by atoms with Crippen LogP contribution in [0.1, 0.15) is 29.9 Å². The second kappa shape index (κ2) is 4.40. The highest BCUT2D eigenvalue weighted by molar-refractivity contribution is 5.32. The average molecular weight is 180 g/mol. The summed E-state index contributed by atoms with van der Waals surface area (Å²) in [6.45, 7) is 4.11. The van der Waals surface area contributed by atoms with Gasteiger partial charge in [0, 0.05) is 12.7 Å². The molecule has 0 saturated carbocycles. The molecule has 0 aliphatic heterocycles. The Hall–Kier alpha value is -0.860. The molecule has 1 N–H and O–H groups in total. The minimum atomic E-state index is -0.796. The van der Waals surface area contributed by atoms with Gasteiger partial charge in [0.15, 0.2) is 6.29 Å². The van der Waals surface area contributed by atoms with Crippen LogP contribution in [0.2, 0.25) is 0 Å². The number of hydrogen-bond donors (Lipinski definition) is 1. The molecule has 0 aliphatic carbocycles. The van der Waals surface area contributed by atoms with Crippen LogP contribution in [0.15, 0.2) is 18.2 Å². The maximum Gasteiger partial charge on any atom is 0.181 e. The lowest BCUT2D eigenvalue weighted by Gasteiger charge is -2.13. The molecule has 0 aliphatic rings. The quantitative estimate of drug-likeness (QED) is 0.722. The third kappa shape index (κ3) is 2.29. The molecule has 0 saturated heterocycles. The lowest BCUT2D eigenvalue weighted by Crippen LogP contribution is -2.03. The highest BCUT2D eigenvalue weighted by atomic mass is 16.6. The average Bonchev–Trinajstić information content (AvgIpc) is 2.16. The summed E-state index contributed by atoms with van der Waals surface area (Å²) >= 11 is 0. The summed E-state index contributed by atoms with van der Waals surface area (Å²) in [5.41, 5.74) is 3.23. The molecular formula is C11H16O2. The minimum Gasteiger partial charge on any atom is -0.364 e. The Balaban J connectivity index is 3.05. The SMILES string of the molecule is CCc1cc(C)ccc1C(O)OC. The van der Waals surface area contributed by atoms with E-state index in [9.17, 15) is 5.11 Å². The van der Waals surface area contributed by atoms with Gasteiger partial charge in [-0.3, -0.25) is 0 Å². The van der Waals surface area contributed by atoms with Crippen molar-refractivity contribution in [1.82, 2.24) is 0 Å². The van der Waals surface area contributed by atoms with Crippen LogP contribution in [0.3, 0.4) is 0 Å². The van der Waals surface area contributed by atoms with Gasteiger partial charge in [-0.25, -0.2) is 0 Å². The van der Waals surface area contributed by atoms with Crippen LogP contribution in [0.25, 0.3) is 0 Å². The van der Waals surface area contributed by atoms with Crippen molar-refractivity contribution in [2.24, 2.45) is 0 Å². The number of aliphatic hydroxyl groups excluding tert-OH is 1. The number of methoxy groups -OCH3 is 1. The highest BCUT2D eigenvalue weighted by Crippen LogP contribution is 2.20. The molecule has 13 heavy (non-hydrogen) atoms. The largest absolute Gasteiger partial charge is 0.364 e. The molecule has 0 aromatic heterocycles. The Morgan fingerprint density at radius 1 is 1.46 bits per heavy atom. The van der Waals surface area contributed by atoms with Gasteiger partial charge in [0.25, 0.3) is 0 Å². The molecule has 0 bridgehead atoms. The lowest BCUT2D eigenvalue weighted by atomic mass is 10.0. The Bertz CT molecular complexity index is 281. The van der Waals surface area contributed by atoms with Gasteiger partial charge in [0.2, 0.25) is 0 Å². The first-order valence-corrected chi connectivity index (χ1v) is 4.49. The molecule has 1 atom stereocenters. The van der Waals surface area contributed by atoms with Crippen LogP contribution < -0.4 is 0 Å². The van der Waals surface area contributed by atoms with Gasteiger partial charge < -0.3 is 9.84 Å². The maximum atomic E-state index is 9.51.